The molecule has 0 aliphatic rings. The number of urea groups is 1. The van der Waals surface area contributed by atoms with Crippen LogP contribution in [0.1, 0.15) is 11.1 Å². The molecule has 2 rings (SSSR count). The van der Waals surface area contributed by atoms with Crippen LogP contribution in [0.3, 0.4) is 0 Å². The number of amides is 2. The molecule has 0 bridgehead atoms. The highest BCUT2D eigenvalue weighted by atomic mass is 35.5. The average molecular weight is 319 g/mol. The van der Waals surface area contributed by atoms with Crippen LogP contribution in [0.15, 0.2) is 42.5 Å². The first-order valence-electron chi connectivity index (χ1n) is 7.05. The molecule has 2 aromatic rings. The number of ether oxygens (including phenoxy) is 1. The molecule has 22 heavy (non-hydrogen) atoms. The summed E-state index contributed by atoms with van der Waals surface area (Å²) in [6.45, 7) is 4.87. The van der Waals surface area contributed by atoms with E-state index >= 15 is 0 Å². The molecule has 0 saturated heterocycles. The zero-order valence-corrected chi connectivity index (χ0v) is 13.4. The molecule has 5 heteroatoms. The van der Waals surface area contributed by atoms with Crippen LogP contribution in [-0.4, -0.2) is 19.2 Å². The summed E-state index contributed by atoms with van der Waals surface area (Å²) in [5.74, 6) is 0.836. The van der Waals surface area contributed by atoms with Crippen LogP contribution in [0.25, 0.3) is 0 Å². The Bertz CT molecular complexity index is 659. The fraction of sp³-hybridized carbons (Fsp3) is 0.235. The summed E-state index contributed by atoms with van der Waals surface area (Å²) < 4.78 is 5.65. The fourth-order valence-corrected chi connectivity index (χ4v) is 2.22. The molecule has 0 aliphatic carbocycles. The van der Waals surface area contributed by atoms with E-state index in [0.29, 0.717) is 23.9 Å². The average Bonchev–Trinajstić information content (AvgIpc) is 2.45. The number of rotatable bonds is 5. The minimum absolute atomic E-state index is 0.286. The van der Waals surface area contributed by atoms with Gasteiger partial charge in [0.25, 0.3) is 0 Å². The molecule has 2 amide bonds. The predicted molar refractivity (Wildman–Crippen MR) is 89.9 cm³/mol. The molecule has 0 radical (unpaired) electrons. The Morgan fingerprint density at radius 1 is 1.18 bits per heavy atom. The van der Waals surface area contributed by atoms with Crippen LogP contribution < -0.4 is 15.4 Å². The van der Waals surface area contributed by atoms with Gasteiger partial charge in [-0.05, 0) is 43.7 Å². The Morgan fingerprint density at radius 3 is 2.73 bits per heavy atom. The second-order valence-corrected chi connectivity index (χ2v) is 5.45. The van der Waals surface area contributed by atoms with Gasteiger partial charge in [0, 0.05) is 10.7 Å². The van der Waals surface area contributed by atoms with Gasteiger partial charge in [0.05, 0.1) is 6.54 Å². The van der Waals surface area contributed by atoms with Crippen LogP contribution >= 0.6 is 11.6 Å². The number of anilines is 1. The van der Waals surface area contributed by atoms with Crippen LogP contribution in [-0.2, 0) is 0 Å². The van der Waals surface area contributed by atoms with E-state index in [1.807, 2.05) is 26.0 Å². The van der Waals surface area contributed by atoms with Crippen molar-refractivity contribution >= 4 is 23.3 Å². The number of aryl methyl sites for hydroxylation is 2. The molecular weight excluding hydrogens is 300 g/mol. The molecule has 0 aromatic heterocycles. The number of carbonyl (C=O) groups is 1. The minimum atomic E-state index is -0.286. The van der Waals surface area contributed by atoms with Gasteiger partial charge in [-0.3, -0.25) is 0 Å². The fourth-order valence-electron chi connectivity index (χ4n) is 2.03. The van der Waals surface area contributed by atoms with Gasteiger partial charge in [-0.15, -0.1) is 0 Å². The summed E-state index contributed by atoms with van der Waals surface area (Å²) in [6.07, 6.45) is 0. The summed E-state index contributed by atoms with van der Waals surface area (Å²) in [5.41, 5.74) is 2.94. The third-order valence-electron chi connectivity index (χ3n) is 3.06. The highest BCUT2D eigenvalue weighted by Gasteiger charge is 2.03. The topological polar surface area (TPSA) is 50.4 Å². The van der Waals surface area contributed by atoms with Crippen molar-refractivity contribution in [3.8, 4) is 5.75 Å². The van der Waals surface area contributed by atoms with Crippen LogP contribution in [0.5, 0.6) is 5.75 Å². The van der Waals surface area contributed by atoms with E-state index in [-0.39, 0.29) is 6.03 Å². The van der Waals surface area contributed by atoms with Crippen LogP contribution in [0.4, 0.5) is 10.5 Å². The summed E-state index contributed by atoms with van der Waals surface area (Å²) in [5, 5.41) is 6.02. The largest absolute Gasteiger partial charge is 0.491 e. The molecule has 0 saturated carbocycles. The molecule has 0 unspecified atom stereocenters. The van der Waals surface area contributed by atoms with Crippen LogP contribution in [0, 0.1) is 13.8 Å². The van der Waals surface area contributed by atoms with E-state index in [0.717, 1.165) is 11.3 Å². The number of halogens is 1. The summed E-state index contributed by atoms with van der Waals surface area (Å²) in [7, 11) is 0. The lowest BCUT2D eigenvalue weighted by molar-refractivity contribution is 0.247. The molecule has 2 aromatic carbocycles. The maximum atomic E-state index is 11.7. The van der Waals surface area contributed by atoms with Gasteiger partial charge < -0.3 is 15.4 Å². The molecule has 0 spiro atoms. The van der Waals surface area contributed by atoms with Gasteiger partial charge in [0.2, 0.25) is 0 Å². The minimum Gasteiger partial charge on any atom is -0.491 e. The summed E-state index contributed by atoms with van der Waals surface area (Å²) in [6, 6.07) is 12.7. The van der Waals surface area contributed by atoms with Crippen molar-refractivity contribution in [1.82, 2.24) is 5.32 Å². The van der Waals surface area contributed by atoms with Crippen molar-refractivity contribution in [2.24, 2.45) is 0 Å². The molecule has 0 heterocycles. The Hall–Kier alpha value is -2.20. The maximum Gasteiger partial charge on any atom is 0.319 e. The van der Waals surface area contributed by atoms with E-state index in [9.17, 15) is 4.79 Å². The number of carbonyl (C=O) groups excluding carboxylic acids is 1. The lowest BCUT2D eigenvalue weighted by Gasteiger charge is -2.11. The van der Waals surface area contributed by atoms with E-state index in [1.54, 1.807) is 24.3 Å². The van der Waals surface area contributed by atoms with Gasteiger partial charge in [-0.1, -0.05) is 35.4 Å². The Kier molecular flexibility index (Phi) is 5.67. The van der Waals surface area contributed by atoms with Gasteiger partial charge in [0.1, 0.15) is 12.4 Å². The van der Waals surface area contributed by atoms with Crippen molar-refractivity contribution < 1.29 is 9.53 Å². The monoisotopic (exact) mass is 318 g/mol. The molecular formula is C17H19ClN2O2. The summed E-state index contributed by atoms with van der Waals surface area (Å²) in [4.78, 5) is 11.7. The molecule has 0 atom stereocenters. The van der Waals surface area contributed by atoms with Gasteiger partial charge in [-0.2, -0.15) is 0 Å². The van der Waals surface area contributed by atoms with E-state index in [4.69, 9.17) is 16.3 Å². The number of benzene rings is 2. The quantitative estimate of drug-likeness (QED) is 0.813. The van der Waals surface area contributed by atoms with Gasteiger partial charge >= 0.3 is 6.03 Å². The van der Waals surface area contributed by atoms with Crippen LogP contribution in [0.2, 0.25) is 5.02 Å². The Balaban J connectivity index is 1.73. The third kappa shape index (κ3) is 4.97. The Morgan fingerprint density at radius 2 is 2.00 bits per heavy atom. The van der Waals surface area contributed by atoms with Crippen molar-refractivity contribution in [1.29, 1.82) is 0 Å². The lowest BCUT2D eigenvalue weighted by Crippen LogP contribution is -2.32. The second-order valence-electron chi connectivity index (χ2n) is 5.01. The smallest absolute Gasteiger partial charge is 0.319 e. The number of hydrogen-bond acceptors (Lipinski definition) is 2. The van der Waals surface area contributed by atoms with Crippen molar-refractivity contribution in [2.75, 3.05) is 18.5 Å². The normalized spacial score (nSPS) is 10.1. The molecule has 4 nitrogen and oxygen atoms in total. The predicted octanol–water partition coefficient (Wildman–Crippen LogP) is 4.16. The molecule has 116 valence electrons. The first kappa shape index (κ1) is 16.2. The molecule has 2 N–H and O–H groups in total. The van der Waals surface area contributed by atoms with Crippen molar-refractivity contribution in [2.45, 2.75) is 13.8 Å². The highest BCUT2D eigenvalue weighted by molar-refractivity contribution is 6.30. The third-order valence-corrected chi connectivity index (χ3v) is 3.29. The van der Waals surface area contributed by atoms with E-state index in [1.165, 1.54) is 5.56 Å². The molecule has 0 fully saturated rings. The lowest BCUT2D eigenvalue weighted by atomic mass is 10.1. The summed E-state index contributed by atoms with van der Waals surface area (Å²) >= 11 is 5.86. The SMILES string of the molecule is Cc1ccc(OCCNC(=O)Nc2cccc(Cl)c2)c(C)c1. The zero-order chi connectivity index (χ0) is 15.9. The first-order chi connectivity index (χ1) is 10.5. The van der Waals surface area contributed by atoms with E-state index < -0.39 is 0 Å². The van der Waals surface area contributed by atoms with Crippen molar-refractivity contribution in [3.05, 3.63) is 58.6 Å². The standard InChI is InChI=1S/C17H19ClN2O2/c1-12-6-7-16(13(2)10-12)22-9-8-19-17(21)20-15-5-3-4-14(18)11-15/h3-7,10-11H,8-9H2,1-2H3,(H2,19,20,21). The number of nitrogens with one attached hydrogen (secondary N) is 2. The first-order valence-corrected chi connectivity index (χ1v) is 7.43. The number of hydrogen-bond donors (Lipinski definition) is 2. The van der Waals surface area contributed by atoms with Gasteiger partial charge in [-0.25, -0.2) is 4.79 Å². The van der Waals surface area contributed by atoms with Gasteiger partial charge in [0.15, 0.2) is 0 Å². The zero-order valence-electron chi connectivity index (χ0n) is 12.7. The maximum absolute atomic E-state index is 11.7. The second kappa shape index (κ2) is 7.71. The van der Waals surface area contributed by atoms with E-state index in [2.05, 4.69) is 16.7 Å². The molecule has 0 aliphatic heterocycles. The van der Waals surface area contributed by atoms with Crippen molar-refractivity contribution in [3.63, 3.8) is 0 Å². The Labute approximate surface area is 135 Å². The highest BCUT2D eigenvalue weighted by Crippen LogP contribution is 2.18.